The fourth-order valence-corrected chi connectivity index (χ4v) is 4.44. The largest absolute Gasteiger partial charge is 0.469 e. The molecule has 0 saturated heterocycles. The number of nitrogens with one attached hydrogen (secondary N) is 1. The van der Waals surface area contributed by atoms with Crippen molar-refractivity contribution in [2.45, 2.75) is 59.0 Å². The lowest BCUT2D eigenvalue weighted by Crippen LogP contribution is -2.37. The van der Waals surface area contributed by atoms with E-state index in [9.17, 15) is 14.4 Å². The lowest BCUT2D eigenvalue weighted by Gasteiger charge is -2.28. The first-order chi connectivity index (χ1) is 16.4. The molecular weight excluding hydrogens is 432 g/mol. The second-order valence-corrected chi connectivity index (χ2v) is 9.75. The van der Waals surface area contributed by atoms with E-state index in [1.54, 1.807) is 4.90 Å². The average Bonchev–Trinajstić information content (AvgIpc) is 3.57. The zero-order valence-electron chi connectivity index (χ0n) is 20.3. The van der Waals surface area contributed by atoms with E-state index >= 15 is 0 Å². The molecular formula is C26H34N4O4. The number of hydrogen-bond acceptors (Lipinski definition) is 5. The topological polar surface area (TPSA) is 93.5 Å². The minimum absolute atomic E-state index is 0.0336. The van der Waals surface area contributed by atoms with Crippen molar-refractivity contribution in [3.63, 3.8) is 0 Å². The van der Waals surface area contributed by atoms with Crippen LogP contribution in [0.1, 0.15) is 70.8 Å². The molecule has 2 heterocycles. The highest BCUT2D eigenvalue weighted by Crippen LogP contribution is 2.33. The Hall–Kier alpha value is -3.16. The molecule has 0 bridgehead atoms. The van der Waals surface area contributed by atoms with E-state index in [-0.39, 0.29) is 30.7 Å². The van der Waals surface area contributed by atoms with Gasteiger partial charge in [0.15, 0.2) is 5.69 Å². The summed E-state index contributed by atoms with van der Waals surface area (Å²) in [6.45, 7) is 6.30. The highest BCUT2D eigenvalue weighted by atomic mass is 16.5. The standard InChI is InChI=1S/C26H34N4O4/c1-17(2)14-18-6-8-20(9-7-18)26(33)29-13-11-22-21(16-29)24(28-30(22)15-19-4-5-19)25(32)27-12-10-23(31)34-3/h6-9,17,19H,4-5,10-16H2,1-3H3,(H,27,32). The van der Waals surface area contributed by atoms with Crippen molar-refractivity contribution in [3.8, 4) is 0 Å². The number of aromatic nitrogens is 2. The Morgan fingerprint density at radius 2 is 1.91 bits per heavy atom. The number of amides is 2. The van der Waals surface area contributed by atoms with Crippen molar-refractivity contribution in [3.05, 3.63) is 52.3 Å². The van der Waals surface area contributed by atoms with Crippen molar-refractivity contribution in [2.24, 2.45) is 11.8 Å². The molecule has 1 aliphatic carbocycles. The zero-order chi connectivity index (χ0) is 24.2. The minimum Gasteiger partial charge on any atom is -0.469 e. The Morgan fingerprint density at radius 1 is 1.18 bits per heavy atom. The Bertz CT molecular complexity index is 1050. The fourth-order valence-electron chi connectivity index (χ4n) is 4.44. The Kier molecular flexibility index (Phi) is 7.34. The molecule has 2 amide bonds. The second-order valence-electron chi connectivity index (χ2n) is 9.75. The first-order valence-corrected chi connectivity index (χ1v) is 12.2. The molecule has 2 aromatic rings. The SMILES string of the molecule is COC(=O)CCNC(=O)c1nn(CC2CC2)c2c1CN(C(=O)c1ccc(CC(C)C)cc1)CC2. The van der Waals surface area contributed by atoms with Crippen molar-refractivity contribution >= 4 is 17.8 Å². The van der Waals surface area contributed by atoms with Crippen molar-refractivity contribution < 1.29 is 19.1 Å². The number of esters is 1. The van der Waals surface area contributed by atoms with Gasteiger partial charge in [0, 0.05) is 42.9 Å². The van der Waals surface area contributed by atoms with E-state index in [2.05, 4.69) is 29.0 Å². The molecule has 1 aliphatic heterocycles. The normalized spacial score (nSPS) is 15.2. The number of nitrogens with zero attached hydrogens (tertiary/aromatic N) is 3. The third-order valence-corrected chi connectivity index (χ3v) is 6.45. The van der Waals surface area contributed by atoms with E-state index in [1.807, 2.05) is 28.9 Å². The zero-order valence-corrected chi connectivity index (χ0v) is 20.3. The van der Waals surface area contributed by atoms with Crippen LogP contribution in [-0.4, -0.2) is 52.7 Å². The van der Waals surface area contributed by atoms with Crippen molar-refractivity contribution in [1.29, 1.82) is 0 Å². The third-order valence-electron chi connectivity index (χ3n) is 6.45. The summed E-state index contributed by atoms with van der Waals surface area (Å²) in [7, 11) is 1.32. The summed E-state index contributed by atoms with van der Waals surface area (Å²) >= 11 is 0. The predicted molar refractivity (Wildman–Crippen MR) is 127 cm³/mol. The summed E-state index contributed by atoms with van der Waals surface area (Å²) in [4.78, 5) is 39.4. The quantitative estimate of drug-likeness (QED) is 0.574. The summed E-state index contributed by atoms with van der Waals surface area (Å²) < 4.78 is 6.60. The van der Waals surface area contributed by atoms with Crippen LogP contribution in [0.15, 0.2) is 24.3 Å². The summed E-state index contributed by atoms with van der Waals surface area (Å²) in [5.41, 5.74) is 4.09. The molecule has 0 unspecified atom stereocenters. The molecule has 4 rings (SSSR count). The van der Waals surface area contributed by atoms with E-state index < -0.39 is 0 Å². The van der Waals surface area contributed by atoms with Crippen LogP contribution >= 0.6 is 0 Å². The van der Waals surface area contributed by atoms with Gasteiger partial charge in [0.1, 0.15) is 0 Å². The Morgan fingerprint density at radius 3 is 2.56 bits per heavy atom. The van der Waals surface area contributed by atoms with Crippen molar-refractivity contribution in [1.82, 2.24) is 20.0 Å². The molecule has 8 nitrogen and oxygen atoms in total. The lowest BCUT2D eigenvalue weighted by atomic mass is 10.0. The van der Waals surface area contributed by atoms with Crippen molar-refractivity contribution in [2.75, 3.05) is 20.2 Å². The summed E-state index contributed by atoms with van der Waals surface area (Å²) in [6, 6.07) is 7.84. The van der Waals surface area contributed by atoms with Gasteiger partial charge in [-0.2, -0.15) is 5.10 Å². The number of benzene rings is 1. The van der Waals surface area contributed by atoms with E-state index in [0.717, 1.165) is 24.2 Å². The molecule has 0 spiro atoms. The average molecular weight is 467 g/mol. The van der Waals surface area contributed by atoms with Gasteiger partial charge in [-0.1, -0.05) is 26.0 Å². The number of rotatable bonds is 9. The Labute approximate surface area is 200 Å². The Balaban J connectivity index is 1.50. The fraction of sp³-hybridized carbons (Fsp3) is 0.538. The first kappa shape index (κ1) is 24.0. The molecule has 1 aromatic heterocycles. The van der Waals surface area contributed by atoms with Crippen LogP contribution in [0.2, 0.25) is 0 Å². The number of carbonyl (C=O) groups excluding carboxylic acids is 3. The maximum absolute atomic E-state index is 13.2. The summed E-state index contributed by atoms with van der Waals surface area (Å²) in [6.07, 6.45) is 4.13. The van der Waals surface area contributed by atoms with Crippen LogP contribution in [0.5, 0.6) is 0 Å². The van der Waals surface area contributed by atoms with Crippen LogP contribution in [0.4, 0.5) is 0 Å². The maximum atomic E-state index is 13.2. The molecule has 1 saturated carbocycles. The molecule has 0 atom stereocenters. The predicted octanol–water partition coefficient (Wildman–Crippen LogP) is 2.98. The maximum Gasteiger partial charge on any atom is 0.307 e. The highest BCUT2D eigenvalue weighted by Gasteiger charge is 2.32. The summed E-state index contributed by atoms with van der Waals surface area (Å²) in [5, 5.41) is 7.42. The molecule has 182 valence electrons. The first-order valence-electron chi connectivity index (χ1n) is 12.2. The lowest BCUT2D eigenvalue weighted by molar-refractivity contribution is -0.140. The number of hydrogen-bond donors (Lipinski definition) is 1. The van der Waals surface area contributed by atoms with Gasteiger partial charge in [0.25, 0.3) is 11.8 Å². The van der Waals surface area contributed by atoms with E-state index in [4.69, 9.17) is 0 Å². The molecule has 34 heavy (non-hydrogen) atoms. The number of ether oxygens (including phenoxy) is 1. The smallest absolute Gasteiger partial charge is 0.307 e. The molecule has 0 radical (unpaired) electrons. The van der Waals surface area contributed by atoms with Gasteiger partial charge in [0.05, 0.1) is 20.1 Å². The summed E-state index contributed by atoms with van der Waals surface area (Å²) in [5.74, 6) is 0.447. The molecule has 1 N–H and O–H groups in total. The number of methoxy groups -OCH3 is 1. The van der Waals surface area contributed by atoms with Gasteiger partial charge < -0.3 is 15.0 Å². The van der Waals surface area contributed by atoms with Gasteiger partial charge in [-0.05, 0) is 48.8 Å². The highest BCUT2D eigenvalue weighted by molar-refractivity contribution is 5.96. The molecule has 8 heteroatoms. The van der Waals surface area contributed by atoms with Crippen LogP contribution in [-0.2, 0) is 35.5 Å². The number of fused-ring (bicyclic) bond motifs is 1. The monoisotopic (exact) mass is 466 g/mol. The molecule has 2 aliphatic rings. The van der Waals surface area contributed by atoms with E-state index in [0.29, 0.717) is 42.6 Å². The molecule has 1 aromatic carbocycles. The van der Waals surface area contributed by atoms with Crippen LogP contribution in [0, 0.1) is 11.8 Å². The van der Waals surface area contributed by atoms with Gasteiger partial charge in [-0.25, -0.2) is 0 Å². The van der Waals surface area contributed by atoms with Crippen LogP contribution in [0.3, 0.4) is 0 Å². The number of carbonyl (C=O) groups is 3. The van der Waals surface area contributed by atoms with Gasteiger partial charge in [0.2, 0.25) is 0 Å². The van der Waals surface area contributed by atoms with Gasteiger partial charge in [-0.3, -0.25) is 19.1 Å². The second kappa shape index (κ2) is 10.4. The van der Waals surface area contributed by atoms with E-state index in [1.165, 1.54) is 25.5 Å². The van der Waals surface area contributed by atoms with Crippen LogP contribution < -0.4 is 5.32 Å². The molecule has 1 fully saturated rings. The van der Waals surface area contributed by atoms with Gasteiger partial charge in [-0.15, -0.1) is 0 Å². The minimum atomic E-state index is -0.377. The van der Waals surface area contributed by atoms with Crippen LogP contribution in [0.25, 0.3) is 0 Å². The third kappa shape index (κ3) is 5.66. The van der Waals surface area contributed by atoms with Gasteiger partial charge >= 0.3 is 5.97 Å².